The fourth-order valence-corrected chi connectivity index (χ4v) is 2.31. The Morgan fingerprint density at radius 2 is 1.84 bits per heavy atom. The molecule has 1 amide bonds. The number of benzene rings is 1. The highest BCUT2D eigenvalue weighted by Crippen LogP contribution is 2.23. The van der Waals surface area contributed by atoms with Crippen molar-refractivity contribution in [2.45, 2.75) is 39.2 Å². The largest absolute Gasteiger partial charge is 0.372 e. The van der Waals surface area contributed by atoms with E-state index in [1.807, 2.05) is 25.2 Å². The first-order valence-corrected chi connectivity index (χ1v) is 7.03. The molecule has 1 aliphatic heterocycles. The van der Waals surface area contributed by atoms with E-state index in [1.54, 1.807) is 4.90 Å². The molecule has 0 spiro atoms. The van der Waals surface area contributed by atoms with Crippen molar-refractivity contribution in [3.63, 3.8) is 0 Å². The third kappa shape index (κ3) is 3.09. The van der Waals surface area contributed by atoms with Crippen LogP contribution in [0.5, 0.6) is 0 Å². The zero-order valence-electron chi connectivity index (χ0n) is 12.4. The van der Waals surface area contributed by atoms with Crippen LogP contribution in [0.3, 0.4) is 0 Å². The van der Waals surface area contributed by atoms with Crippen LogP contribution in [0.25, 0.3) is 0 Å². The Hall–Kier alpha value is -1.51. The lowest BCUT2D eigenvalue weighted by Gasteiger charge is -2.32. The van der Waals surface area contributed by atoms with Crippen LogP contribution in [0.15, 0.2) is 24.3 Å². The summed E-state index contributed by atoms with van der Waals surface area (Å²) >= 11 is 0. The van der Waals surface area contributed by atoms with Crippen LogP contribution in [-0.4, -0.2) is 36.5 Å². The topological polar surface area (TPSA) is 23.6 Å². The molecule has 0 saturated carbocycles. The van der Waals surface area contributed by atoms with Gasteiger partial charge < -0.3 is 9.80 Å². The van der Waals surface area contributed by atoms with Crippen LogP contribution < -0.4 is 4.90 Å². The molecular weight excluding hydrogens is 236 g/mol. The van der Waals surface area contributed by atoms with E-state index < -0.39 is 0 Å². The Morgan fingerprint density at radius 3 is 2.42 bits per heavy atom. The maximum Gasteiger partial charge on any atom is 0.254 e. The molecule has 3 heteroatoms. The second-order valence-electron chi connectivity index (χ2n) is 6.28. The molecule has 1 heterocycles. The van der Waals surface area contributed by atoms with E-state index in [1.165, 1.54) is 18.5 Å². The molecule has 0 atom stereocenters. The summed E-state index contributed by atoms with van der Waals surface area (Å²) in [6, 6.07) is 8.01. The highest BCUT2D eigenvalue weighted by molar-refractivity contribution is 5.95. The minimum absolute atomic E-state index is 0.0912. The molecule has 0 N–H and O–H groups in total. The molecule has 1 saturated heterocycles. The third-order valence-corrected chi connectivity index (χ3v) is 3.88. The predicted molar refractivity (Wildman–Crippen MR) is 79.7 cm³/mol. The van der Waals surface area contributed by atoms with Crippen molar-refractivity contribution >= 4 is 11.6 Å². The summed E-state index contributed by atoms with van der Waals surface area (Å²) in [4.78, 5) is 16.6. The van der Waals surface area contributed by atoms with Gasteiger partial charge in [-0.05, 0) is 51.8 Å². The van der Waals surface area contributed by atoms with E-state index in [0.717, 1.165) is 18.7 Å². The Labute approximate surface area is 116 Å². The zero-order valence-corrected chi connectivity index (χ0v) is 12.4. The van der Waals surface area contributed by atoms with E-state index in [4.69, 9.17) is 0 Å². The van der Waals surface area contributed by atoms with Gasteiger partial charge in [0.1, 0.15) is 0 Å². The van der Waals surface area contributed by atoms with Gasteiger partial charge in [0.15, 0.2) is 0 Å². The van der Waals surface area contributed by atoms with Gasteiger partial charge in [-0.1, -0.05) is 6.07 Å². The van der Waals surface area contributed by atoms with Crippen molar-refractivity contribution < 1.29 is 4.79 Å². The normalized spacial score (nSPS) is 15.7. The van der Waals surface area contributed by atoms with E-state index in [9.17, 15) is 4.79 Å². The molecule has 0 bridgehead atoms. The van der Waals surface area contributed by atoms with Gasteiger partial charge in [-0.25, -0.2) is 0 Å². The molecule has 0 aliphatic carbocycles. The summed E-state index contributed by atoms with van der Waals surface area (Å²) in [7, 11) is 1.87. The lowest BCUT2D eigenvalue weighted by Crippen LogP contribution is -2.42. The molecule has 104 valence electrons. The number of nitrogens with zero attached hydrogens (tertiary/aromatic N) is 2. The number of carbonyl (C=O) groups is 1. The van der Waals surface area contributed by atoms with Gasteiger partial charge in [0.05, 0.1) is 0 Å². The molecule has 0 aromatic heterocycles. The minimum Gasteiger partial charge on any atom is -0.372 e. The molecular formula is C16H24N2O. The van der Waals surface area contributed by atoms with Crippen molar-refractivity contribution in [3.05, 3.63) is 29.8 Å². The summed E-state index contributed by atoms with van der Waals surface area (Å²) in [5, 5.41) is 0. The first-order chi connectivity index (χ1) is 8.89. The van der Waals surface area contributed by atoms with Crippen molar-refractivity contribution in [3.8, 4) is 0 Å². The fraction of sp³-hybridized carbons (Fsp3) is 0.562. The Bertz CT molecular complexity index is 456. The van der Waals surface area contributed by atoms with E-state index in [0.29, 0.717) is 0 Å². The Kier molecular flexibility index (Phi) is 3.83. The van der Waals surface area contributed by atoms with Crippen LogP contribution in [-0.2, 0) is 0 Å². The van der Waals surface area contributed by atoms with Gasteiger partial charge in [0.25, 0.3) is 5.91 Å². The smallest absolute Gasteiger partial charge is 0.254 e. The van der Waals surface area contributed by atoms with Gasteiger partial charge >= 0.3 is 0 Å². The number of carbonyl (C=O) groups excluding carboxylic acids is 1. The van der Waals surface area contributed by atoms with E-state index >= 15 is 0 Å². The van der Waals surface area contributed by atoms with Gasteiger partial charge in [-0.2, -0.15) is 0 Å². The van der Waals surface area contributed by atoms with Crippen LogP contribution in [0.2, 0.25) is 0 Å². The zero-order chi connectivity index (χ0) is 14.0. The second kappa shape index (κ2) is 5.24. The molecule has 1 aromatic rings. The summed E-state index contributed by atoms with van der Waals surface area (Å²) < 4.78 is 0. The fourth-order valence-electron chi connectivity index (χ4n) is 2.31. The van der Waals surface area contributed by atoms with Crippen LogP contribution in [0.4, 0.5) is 5.69 Å². The molecule has 0 unspecified atom stereocenters. The van der Waals surface area contributed by atoms with Crippen molar-refractivity contribution in [2.24, 2.45) is 0 Å². The highest BCUT2D eigenvalue weighted by Gasteiger charge is 2.24. The summed E-state index contributed by atoms with van der Waals surface area (Å²) in [5.74, 6) is 0.0912. The molecule has 1 fully saturated rings. The average molecular weight is 260 g/mol. The summed E-state index contributed by atoms with van der Waals surface area (Å²) in [6.07, 6.45) is 2.50. The number of hydrogen-bond acceptors (Lipinski definition) is 2. The molecule has 3 nitrogen and oxygen atoms in total. The van der Waals surface area contributed by atoms with Crippen LogP contribution in [0, 0.1) is 0 Å². The second-order valence-corrected chi connectivity index (χ2v) is 6.28. The number of anilines is 1. The maximum absolute atomic E-state index is 12.5. The molecule has 2 rings (SSSR count). The van der Waals surface area contributed by atoms with Crippen molar-refractivity contribution in [2.75, 3.05) is 25.0 Å². The third-order valence-electron chi connectivity index (χ3n) is 3.88. The summed E-state index contributed by atoms with van der Waals surface area (Å²) in [6.45, 7) is 8.36. The predicted octanol–water partition coefficient (Wildman–Crippen LogP) is 3.16. The first-order valence-electron chi connectivity index (χ1n) is 7.03. The van der Waals surface area contributed by atoms with E-state index in [-0.39, 0.29) is 11.4 Å². The molecule has 1 aliphatic rings. The minimum atomic E-state index is -0.152. The number of hydrogen-bond donors (Lipinski definition) is 0. The lowest BCUT2D eigenvalue weighted by molar-refractivity contribution is 0.0656. The lowest BCUT2D eigenvalue weighted by atomic mass is 10.0. The maximum atomic E-state index is 12.5. The van der Waals surface area contributed by atoms with Crippen LogP contribution >= 0.6 is 0 Å². The Morgan fingerprint density at radius 1 is 1.21 bits per heavy atom. The van der Waals surface area contributed by atoms with Gasteiger partial charge in [0.2, 0.25) is 0 Å². The number of amides is 1. The number of rotatable bonds is 2. The highest BCUT2D eigenvalue weighted by atomic mass is 16.2. The first kappa shape index (κ1) is 13.9. The van der Waals surface area contributed by atoms with Gasteiger partial charge in [-0.3, -0.25) is 4.79 Å². The molecule has 0 radical (unpaired) electrons. The Balaban J connectivity index is 2.21. The monoisotopic (exact) mass is 260 g/mol. The van der Waals surface area contributed by atoms with Crippen molar-refractivity contribution in [1.82, 2.24) is 4.90 Å². The van der Waals surface area contributed by atoms with E-state index in [2.05, 4.69) is 31.7 Å². The SMILES string of the molecule is CN(C(=O)c1cccc(N2CCCC2)c1)C(C)(C)C. The van der Waals surface area contributed by atoms with Gasteiger partial charge in [0, 0.05) is 36.9 Å². The molecule has 1 aromatic carbocycles. The van der Waals surface area contributed by atoms with Crippen molar-refractivity contribution in [1.29, 1.82) is 0 Å². The van der Waals surface area contributed by atoms with Gasteiger partial charge in [-0.15, -0.1) is 0 Å². The molecule has 19 heavy (non-hydrogen) atoms. The van der Waals surface area contributed by atoms with Crippen LogP contribution in [0.1, 0.15) is 44.0 Å². The average Bonchev–Trinajstić information content (AvgIpc) is 2.90. The standard InChI is InChI=1S/C16H24N2O/c1-16(2,3)17(4)15(19)13-8-7-9-14(12-13)18-10-5-6-11-18/h7-9,12H,5-6,10-11H2,1-4H3. The summed E-state index contributed by atoms with van der Waals surface area (Å²) in [5.41, 5.74) is 1.80. The quantitative estimate of drug-likeness (QED) is 0.815.